The molecule has 21 heavy (non-hydrogen) atoms. The average molecular weight is 317 g/mol. The molecule has 0 unspecified atom stereocenters. The highest BCUT2D eigenvalue weighted by molar-refractivity contribution is 7.89. The minimum Gasteiger partial charge on any atom is -0.478 e. The van der Waals surface area contributed by atoms with E-state index in [1.807, 2.05) is 0 Å². The van der Waals surface area contributed by atoms with Crippen LogP contribution in [0.3, 0.4) is 0 Å². The molecule has 1 aliphatic carbocycles. The van der Waals surface area contributed by atoms with E-state index >= 15 is 0 Å². The van der Waals surface area contributed by atoms with Crippen molar-refractivity contribution in [1.29, 1.82) is 0 Å². The Labute approximate surface area is 121 Å². The van der Waals surface area contributed by atoms with Crippen molar-refractivity contribution in [3.8, 4) is 0 Å². The van der Waals surface area contributed by atoms with E-state index < -0.39 is 32.3 Å². The van der Waals surface area contributed by atoms with Crippen molar-refractivity contribution in [3.63, 3.8) is 0 Å². The maximum atomic E-state index is 13.7. The van der Waals surface area contributed by atoms with E-state index in [4.69, 9.17) is 5.11 Å². The highest BCUT2D eigenvalue weighted by Crippen LogP contribution is 2.29. The van der Waals surface area contributed by atoms with Crippen LogP contribution in [0.15, 0.2) is 23.1 Å². The number of benzene rings is 1. The molecule has 3 N–H and O–H groups in total. The van der Waals surface area contributed by atoms with E-state index in [-0.39, 0.29) is 12.1 Å². The topological polar surface area (TPSA) is 104 Å². The smallest absolute Gasteiger partial charge is 0.335 e. The summed E-state index contributed by atoms with van der Waals surface area (Å²) in [6, 6.07) is 2.54. The number of sulfonamides is 1. The third kappa shape index (κ3) is 3.58. The number of rotatable bonds is 5. The Morgan fingerprint density at radius 3 is 2.52 bits per heavy atom. The van der Waals surface area contributed by atoms with Crippen LogP contribution in [0.2, 0.25) is 0 Å². The Balaban J connectivity index is 2.23. The summed E-state index contributed by atoms with van der Waals surface area (Å²) in [5, 5.41) is 18.9. The maximum absolute atomic E-state index is 13.7. The third-order valence-electron chi connectivity index (χ3n) is 3.59. The van der Waals surface area contributed by atoms with Crippen molar-refractivity contribution in [2.24, 2.45) is 0 Å². The number of aromatic carboxylic acids is 1. The molecule has 0 bridgehead atoms. The second-order valence-corrected chi connectivity index (χ2v) is 6.94. The summed E-state index contributed by atoms with van der Waals surface area (Å²) in [4.78, 5) is 10.1. The van der Waals surface area contributed by atoms with Crippen molar-refractivity contribution >= 4 is 16.0 Å². The number of carbonyl (C=O) groups is 1. The Hall–Kier alpha value is -1.51. The lowest BCUT2D eigenvalue weighted by Gasteiger charge is -2.22. The predicted molar refractivity (Wildman–Crippen MR) is 72.0 cm³/mol. The van der Waals surface area contributed by atoms with Crippen LogP contribution < -0.4 is 4.72 Å². The molecule has 1 aliphatic rings. The highest BCUT2D eigenvalue weighted by Gasteiger charge is 2.33. The molecule has 1 saturated carbocycles. The van der Waals surface area contributed by atoms with Gasteiger partial charge in [0.05, 0.1) is 11.2 Å². The van der Waals surface area contributed by atoms with Crippen molar-refractivity contribution < 1.29 is 27.8 Å². The van der Waals surface area contributed by atoms with Gasteiger partial charge in [0.15, 0.2) is 0 Å². The summed E-state index contributed by atoms with van der Waals surface area (Å²) >= 11 is 0. The molecule has 1 fully saturated rings. The van der Waals surface area contributed by atoms with Crippen LogP contribution in [0.5, 0.6) is 0 Å². The summed E-state index contributed by atoms with van der Waals surface area (Å²) < 4.78 is 39.9. The fourth-order valence-corrected chi connectivity index (χ4v) is 3.58. The normalized spacial score (nSPS) is 17.8. The Morgan fingerprint density at radius 2 is 1.95 bits per heavy atom. The molecule has 2 rings (SSSR count). The van der Waals surface area contributed by atoms with E-state index in [1.165, 1.54) is 0 Å². The van der Waals surface area contributed by atoms with Crippen LogP contribution in [-0.2, 0) is 10.0 Å². The molecule has 0 radical (unpaired) electrons. The van der Waals surface area contributed by atoms with E-state index in [0.717, 1.165) is 31.0 Å². The Morgan fingerprint density at radius 1 is 1.33 bits per heavy atom. The molecule has 6 nitrogen and oxygen atoms in total. The van der Waals surface area contributed by atoms with Gasteiger partial charge in [0.2, 0.25) is 10.0 Å². The molecule has 0 amide bonds. The van der Waals surface area contributed by atoms with Crippen LogP contribution in [0.1, 0.15) is 36.0 Å². The van der Waals surface area contributed by atoms with Gasteiger partial charge in [-0.3, -0.25) is 0 Å². The molecule has 8 heteroatoms. The van der Waals surface area contributed by atoms with Crippen molar-refractivity contribution in [2.45, 2.75) is 36.2 Å². The molecule has 0 saturated heterocycles. The summed E-state index contributed by atoms with van der Waals surface area (Å²) in [7, 11) is -4.22. The zero-order valence-electron chi connectivity index (χ0n) is 11.2. The van der Waals surface area contributed by atoms with E-state index in [9.17, 15) is 22.7 Å². The number of aliphatic hydroxyl groups is 1. The molecule has 0 aromatic heterocycles. The minimum absolute atomic E-state index is 0.216. The zero-order valence-corrected chi connectivity index (χ0v) is 12.0. The lowest BCUT2D eigenvalue weighted by Crippen LogP contribution is -2.41. The Kier molecular flexibility index (Phi) is 4.31. The first-order valence-electron chi connectivity index (χ1n) is 6.48. The fourth-order valence-electron chi connectivity index (χ4n) is 2.36. The van der Waals surface area contributed by atoms with Crippen LogP contribution in [0.4, 0.5) is 4.39 Å². The lowest BCUT2D eigenvalue weighted by atomic mass is 10.0. The van der Waals surface area contributed by atoms with E-state index in [1.54, 1.807) is 0 Å². The lowest BCUT2D eigenvalue weighted by molar-refractivity contribution is 0.0531. The molecule has 0 heterocycles. The number of hydrogen-bond donors (Lipinski definition) is 3. The van der Waals surface area contributed by atoms with Gasteiger partial charge in [0.1, 0.15) is 10.7 Å². The monoisotopic (exact) mass is 317 g/mol. The predicted octanol–water partition coefficient (Wildman–Crippen LogP) is 1.11. The average Bonchev–Trinajstić information content (AvgIpc) is 2.84. The van der Waals surface area contributed by atoms with Crippen molar-refractivity contribution in [3.05, 3.63) is 29.6 Å². The summed E-state index contributed by atoms with van der Waals surface area (Å²) in [6.07, 6.45) is 2.57. The number of hydrogen-bond acceptors (Lipinski definition) is 4. The second kappa shape index (κ2) is 5.70. The molecule has 1 aromatic carbocycles. The van der Waals surface area contributed by atoms with Gasteiger partial charge in [-0.25, -0.2) is 22.3 Å². The second-order valence-electron chi connectivity index (χ2n) is 5.21. The number of carboxylic acids is 1. The van der Waals surface area contributed by atoms with Gasteiger partial charge in [0.25, 0.3) is 0 Å². The van der Waals surface area contributed by atoms with Gasteiger partial charge in [-0.2, -0.15) is 0 Å². The number of nitrogens with one attached hydrogen (secondary N) is 1. The quantitative estimate of drug-likeness (QED) is 0.754. The van der Waals surface area contributed by atoms with Crippen LogP contribution in [0.25, 0.3) is 0 Å². The molecule has 0 spiro atoms. The first-order valence-corrected chi connectivity index (χ1v) is 7.97. The van der Waals surface area contributed by atoms with Crippen molar-refractivity contribution in [2.75, 3.05) is 6.54 Å². The SMILES string of the molecule is O=C(O)c1ccc(F)c(S(=O)(=O)NCC2(O)CCCC2)c1. The zero-order chi connectivity index (χ0) is 15.7. The standard InChI is InChI=1S/C13H16FNO5S/c14-10-4-3-9(12(16)17)7-11(10)21(19,20)15-8-13(18)5-1-2-6-13/h3-4,7,15,18H,1-2,5-6,8H2,(H,16,17). The van der Waals surface area contributed by atoms with Crippen molar-refractivity contribution in [1.82, 2.24) is 4.72 Å². The van der Waals surface area contributed by atoms with E-state index in [2.05, 4.69) is 4.72 Å². The molecule has 0 aliphatic heterocycles. The molecule has 0 atom stereocenters. The minimum atomic E-state index is -4.22. The van der Waals surface area contributed by atoms with Gasteiger partial charge in [-0.05, 0) is 31.0 Å². The third-order valence-corrected chi connectivity index (χ3v) is 5.01. The van der Waals surface area contributed by atoms with Crippen LogP contribution in [-0.4, -0.2) is 36.7 Å². The van der Waals surface area contributed by atoms with Gasteiger partial charge in [-0.1, -0.05) is 12.8 Å². The van der Waals surface area contributed by atoms with Gasteiger partial charge < -0.3 is 10.2 Å². The van der Waals surface area contributed by atoms with Crippen LogP contribution in [0, 0.1) is 5.82 Å². The summed E-state index contributed by atoms with van der Waals surface area (Å²) in [5.74, 6) is -2.38. The van der Waals surface area contributed by atoms with Gasteiger partial charge >= 0.3 is 5.97 Å². The van der Waals surface area contributed by atoms with Gasteiger partial charge in [-0.15, -0.1) is 0 Å². The molecular weight excluding hydrogens is 301 g/mol. The maximum Gasteiger partial charge on any atom is 0.335 e. The Bertz CT molecular complexity index is 653. The highest BCUT2D eigenvalue weighted by atomic mass is 32.2. The number of carboxylic acid groups (broad SMARTS) is 1. The number of halogens is 1. The largest absolute Gasteiger partial charge is 0.478 e. The van der Waals surface area contributed by atoms with Crippen LogP contribution >= 0.6 is 0 Å². The first-order chi connectivity index (χ1) is 9.73. The molecule has 1 aromatic rings. The first kappa shape index (κ1) is 15.9. The fraction of sp³-hybridized carbons (Fsp3) is 0.462. The molecular formula is C13H16FNO5S. The van der Waals surface area contributed by atoms with E-state index in [0.29, 0.717) is 12.8 Å². The summed E-state index contributed by atoms with van der Waals surface area (Å²) in [5.41, 5.74) is -1.44. The summed E-state index contributed by atoms with van der Waals surface area (Å²) in [6.45, 7) is -0.216. The molecule has 116 valence electrons. The van der Waals surface area contributed by atoms with Gasteiger partial charge in [0, 0.05) is 6.54 Å².